The Bertz CT molecular complexity index is 749. The second-order valence-corrected chi connectivity index (χ2v) is 6.78. The van der Waals surface area contributed by atoms with Crippen molar-refractivity contribution in [2.75, 3.05) is 20.2 Å². The summed E-state index contributed by atoms with van der Waals surface area (Å²) in [4.78, 5) is 25.5. The Labute approximate surface area is 162 Å². The topological polar surface area (TPSA) is 88.1 Å². The van der Waals surface area contributed by atoms with Crippen molar-refractivity contribution in [3.63, 3.8) is 0 Å². The van der Waals surface area contributed by atoms with Crippen molar-refractivity contribution in [3.8, 4) is 11.5 Å². The number of nitrogens with zero attached hydrogens (tertiary/aromatic N) is 1. The molecule has 0 saturated carbocycles. The van der Waals surface area contributed by atoms with Gasteiger partial charge in [0.2, 0.25) is 0 Å². The molecule has 0 saturated heterocycles. The lowest BCUT2D eigenvalue weighted by atomic mass is 10.2. The number of hydrogen-bond donors (Lipinski definition) is 2. The molecule has 8 heteroatoms. The molecular formula is C19H24N2O5S. The number of amides is 2. The molecule has 0 fully saturated rings. The van der Waals surface area contributed by atoms with Crippen LogP contribution in [0.3, 0.4) is 0 Å². The first-order chi connectivity index (χ1) is 13.0. The number of carboxylic acids is 1. The fourth-order valence-corrected chi connectivity index (χ4v) is 3.02. The number of methoxy groups -OCH3 is 1. The van der Waals surface area contributed by atoms with E-state index in [1.54, 1.807) is 23.3 Å². The van der Waals surface area contributed by atoms with Crippen molar-refractivity contribution in [3.05, 3.63) is 46.2 Å². The number of carboxylic acid groups (broad SMARTS) is 1. The van der Waals surface area contributed by atoms with Gasteiger partial charge in [-0.15, -0.1) is 11.3 Å². The van der Waals surface area contributed by atoms with Gasteiger partial charge in [0.1, 0.15) is 6.61 Å². The van der Waals surface area contributed by atoms with Crippen LogP contribution in [0.4, 0.5) is 4.79 Å². The van der Waals surface area contributed by atoms with Gasteiger partial charge in [-0.1, -0.05) is 12.1 Å². The van der Waals surface area contributed by atoms with E-state index in [-0.39, 0.29) is 19.0 Å². The number of carbonyl (C=O) groups is 2. The normalized spacial score (nSPS) is 10.3. The predicted octanol–water partition coefficient (Wildman–Crippen LogP) is 3.34. The van der Waals surface area contributed by atoms with Crippen molar-refractivity contribution in [2.24, 2.45) is 0 Å². The monoisotopic (exact) mass is 392 g/mol. The number of carbonyl (C=O) groups excluding carboxylic acids is 1. The number of thiophene rings is 1. The van der Waals surface area contributed by atoms with Crippen molar-refractivity contribution < 1.29 is 24.2 Å². The van der Waals surface area contributed by atoms with Crippen LogP contribution in [-0.2, 0) is 17.9 Å². The van der Waals surface area contributed by atoms with Crippen LogP contribution in [0.5, 0.6) is 11.5 Å². The molecule has 2 amide bonds. The van der Waals surface area contributed by atoms with E-state index >= 15 is 0 Å². The first-order valence-corrected chi connectivity index (χ1v) is 9.48. The van der Waals surface area contributed by atoms with Gasteiger partial charge in [-0.2, -0.15) is 0 Å². The van der Waals surface area contributed by atoms with Crippen LogP contribution in [0.25, 0.3) is 0 Å². The van der Waals surface area contributed by atoms with Crippen molar-refractivity contribution in [1.82, 2.24) is 10.2 Å². The first kappa shape index (κ1) is 20.6. The Balaban J connectivity index is 1.97. The number of benzene rings is 1. The van der Waals surface area contributed by atoms with Crippen molar-refractivity contribution in [1.29, 1.82) is 0 Å². The Kier molecular flexibility index (Phi) is 7.94. The molecule has 0 spiro atoms. The molecule has 2 N–H and O–H groups in total. The quantitative estimate of drug-likeness (QED) is 0.647. The fraction of sp³-hybridized carbons (Fsp3) is 0.368. The molecule has 0 aliphatic heterocycles. The Morgan fingerprint density at radius 2 is 2.07 bits per heavy atom. The molecule has 0 atom stereocenters. The standard InChI is InChI=1S/C19H24N2O5S/c1-3-21(19(24)20-9-8-18(22)23)12-14-6-7-16(17(11-14)25-2)26-13-15-5-4-10-27-15/h4-7,10-11H,3,8-9,12-13H2,1-2H3,(H,20,24)(H,22,23). The summed E-state index contributed by atoms with van der Waals surface area (Å²) in [7, 11) is 1.58. The maximum Gasteiger partial charge on any atom is 0.317 e. The summed E-state index contributed by atoms with van der Waals surface area (Å²) in [5, 5.41) is 13.3. The van der Waals surface area contributed by atoms with E-state index in [9.17, 15) is 9.59 Å². The van der Waals surface area contributed by atoms with Gasteiger partial charge in [-0.3, -0.25) is 4.79 Å². The SMILES string of the molecule is CCN(Cc1ccc(OCc2cccs2)c(OC)c1)C(=O)NCCC(=O)O. The third-order valence-electron chi connectivity index (χ3n) is 3.84. The van der Waals surface area contributed by atoms with Gasteiger partial charge in [0.15, 0.2) is 11.5 Å². The zero-order valence-corrected chi connectivity index (χ0v) is 16.3. The molecule has 0 radical (unpaired) electrons. The second-order valence-electron chi connectivity index (χ2n) is 5.74. The number of ether oxygens (including phenoxy) is 2. The number of hydrogen-bond acceptors (Lipinski definition) is 5. The van der Waals surface area contributed by atoms with Crippen LogP contribution >= 0.6 is 11.3 Å². The molecule has 27 heavy (non-hydrogen) atoms. The van der Waals surface area contributed by atoms with E-state index in [0.717, 1.165) is 10.4 Å². The molecule has 1 aromatic carbocycles. The Hall–Kier alpha value is -2.74. The summed E-state index contributed by atoms with van der Waals surface area (Å²) < 4.78 is 11.2. The molecule has 0 aliphatic carbocycles. The highest BCUT2D eigenvalue weighted by Crippen LogP contribution is 2.29. The Morgan fingerprint density at radius 3 is 2.70 bits per heavy atom. The number of aliphatic carboxylic acids is 1. The minimum atomic E-state index is -0.943. The second kappa shape index (κ2) is 10.4. The number of nitrogens with one attached hydrogen (secondary N) is 1. The van der Waals surface area contributed by atoms with Crippen LogP contribution in [-0.4, -0.2) is 42.2 Å². The molecule has 2 rings (SSSR count). The highest BCUT2D eigenvalue weighted by Gasteiger charge is 2.14. The maximum absolute atomic E-state index is 12.2. The third kappa shape index (κ3) is 6.49. The van der Waals surface area contributed by atoms with Gasteiger partial charge < -0.3 is 24.8 Å². The summed E-state index contributed by atoms with van der Waals surface area (Å²) in [5.41, 5.74) is 0.894. The minimum Gasteiger partial charge on any atom is -0.493 e. The number of rotatable bonds is 10. The molecule has 146 valence electrons. The van der Waals surface area contributed by atoms with Crippen LogP contribution < -0.4 is 14.8 Å². The van der Waals surface area contributed by atoms with Gasteiger partial charge in [0, 0.05) is 24.5 Å². The lowest BCUT2D eigenvalue weighted by Crippen LogP contribution is -2.40. The molecular weight excluding hydrogens is 368 g/mol. The van der Waals surface area contributed by atoms with Crippen LogP contribution in [0.15, 0.2) is 35.7 Å². The van der Waals surface area contributed by atoms with Gasteiger partial charge in [-0.05, 0) is 36.1 Å². The fourth-order valence-electron chi connectivity index (χ4n) is 2.41. The first-order valence-electron chi connectivity index (χ1n) is 8.60. The lowest BCUT2D eigenvalue weighted by molar-refractivity contribution is -0.136. The smallest absolute Gasteiger partial charge is 0.317 e. The zero-order valence-electron chi connectivity index (χ0n) is 15.4. The zero-order chi connectivity index (χ0) is 19.6. The molecule has 0 aliphatic rings. The summed E-state index contributed by atoms with van der Waals surface area (Å²) in [5.74, 6) is 0.302. The predicted molar refractivity (Wildman–Crippen MR) is 103 cm³/mol. The van der Waals surface area contributed by atoms with Gasteiger partial charge >= 0.3 is 12.0 Å². The molecule has 0 bridgehead atoms. The molecule has 1 aromatic heterocycles. The van der Waals surface area contributed by atoms with E-state index in [1.165, 1.54) is 0 Å². The average molecular weight is 392 g/mol. The van der Waals surface area contributed by atoms with Crippen LogP contribution in [0.2, 0.25) is 0 Å². The highest BCUT2D eigenvalue weighted by molar-refractivity contribution is 7.09. The molecule has 7 nitrogen and oxygen atoms in total. The van der Waals surface area contributed by atoms with Crippen molar-refractivity contribution in [2.45, 2.75) is 26.5 Å². The summed E-state index contributed by atoms with van der Waals surface area (Å²) in [6.07, 6.45) is -0.104. The molecule has 1 heterocycles. The van der Waals surface area contributed by atoms with Crippen LogP contribution in [0, 0.1) is 0 Å². The van der Waals surface area contributed by atoms with Gasteiger partial charge in [0.05, 0.1) is 13.5 Å². The van der Waals surface area contributed by atoms with Crippen LogP contribution in [0.1, 0.15) is 23.8 Å². The van der Waals surface area contributed by atoms with E-state index in [1.807, 2.05) is 42.6 Å². The van der Waals surface area contributed by atoms with E-state index in [2.05, 4.69) is 5.32 Å². The lowest BCUT2D eigenvalue weighted by Gasteiger charge is -2.22. The highest BCUT2D eigenvalue weighted by atomic mass is 32.1. The van der Waals surface area contributed by atoms with E-state index in [0.29, 0.717) is 31.2 Å². The van der Waals surface area contributed by atoms with Crippen molar-refractivity contribution >= 4 is 23.3 Å². The van der Waals surface area contributed by atoms with E-state index < -0.39 is 5.97 Å². The third-order valence-corrected chi connectivity index (χ3v) is 4.69. The Morgan fingerprint density at radius 1 is 1.26 bits per heavy atom. The maximum atomic E-state index is 12.2. The summed E-state index contributed by atoms with van der Waals surface area (Å²) in [6, 6.07) is 9.25. The van der Waals surface area contributed by atoms with E-state index in [4.69, 9.17) is 14.6 Å². The average Bonchev–Trinajstić information content (AvgIpc) is 3.17. The van der Waals surface area contributed by atoms with Gasteiger partial charge in [0.25, 0.3) is 0 Å². The summed E-state index contributed by atoms with van der Waals surface area (Å²) >= 11 is 1.63. The largest absolute Gasteiger partial charge is 0.493 e. The number of urea groups is 1. The molecule has 2 aromatic rings. The molecule has 0 unspecified atom stereocenters. The van der Waals surface area contributed by atoms with Gasteiger partial charge in [-0.25, -0.2) is 4.79 Å². The summed E-state index contributed by atoms with van der Waals surface area (Å²) in [6.45, 7) is 3.32. The minimum absolute atomic E-state index is 0.101.